The van der Waals surface area contributed by atoms with Crippen LogP contribution in [0.5, 0.6) is 0 Å². The first-order chi connectivity index (χ1) is 8.62. The Labute approximate surface area is 109 Å². The zero-order valence-electron chi connectivity index (χ0n) is 9.70. The lowest BCUT2D eigenvalue weighted by Gasteiger charge is -2.13. The molecule has 19 heavy (non-hydrogen) atoms. The van der Waals surface area contributed by atoms with Gasteiger partial charge in [-0.1, -0.05) is 36.4 Å². The zero-order chi connectivity index (χ0) is 14.7. The van der Waals surface area contributed by atoms with E-state index in [9.17, 15) is 24.0 Å². The maximum absolute atomic E-state index is 11.3. The molecule has 0 aromatic heterocycles. The first-order valence-corrected chi connectivity index (χ1v) is 8.46. The summed E-state index contributed by atoms with van der Waals surface area (Å²) < 4.78 is 22.1. The molecule has 0 amide bonds. The van der Waals surface area contributed by atoms with E-state index in [1.807, 2.05) is 0 Å². The number of rotatable bonds is 5. The summed E-state index contributed by atoms with van der Waals surface area (Å²) >= 11 is 0. The van der Waals surface area contributed by atoms with Crippen molar-refractivity contribution in [3.8, 4) is 0 Å². The molecule has 7 nitrogen and oxygen atoms in total. The van der Waals surface area contributed by atoms with Gasteiger partial charge in [-0.05, 0) is 5.56 Å². The van der Waals surface area contributed by atoms with E-state index >= 15 is 0 Å². The highest BCUT2D eigenvalue weighted by atomic mass is 31.2. The van der Waals surface area contributed by atoms with Crippen molar-refractivity contribution in [2.45, 2.75) is 12.3 Å². The van der Waals surface area contributed by atoms with E-state index in [-0.39, 0.29) is 10.9 Å². The summed E-state index contributed by atoms with van der Waals surface area (Å²) in [5.41, 5.74) is 0.230. The van der Waals surface area contributed by atoms with Gasteiger partial charge >= 0.3 is 15.2 Å². The standard InChI is InChI=1S/C10H14O7P2/c11-10(19(15,16)17)7-6-9(18(12,13)14)8-4-2-1-3-5-8/h1-6,10-11H,7H2,(H2,12,13,14)(H2,15,16,17). The quantitative estimate of drug-likeness (QED) is 0.514. The molecule has 0 aliphatic rings. The molecule has 5 N–H and O–H groups in total. The van der Waals surface area contributed by atoms with Crippen molar-refractivity contribution in [1.82, 2.24) is 0 Å². The van der Waals surface area contributed by atoms with Gasteiger partial charge in [-0.25, -0.2) is 0 Å². The molecule has 1 rings (SSSR count). The van der Waals surface area contributed by atoms with Crippen LogP contribution >= 0.6 is 15.2 Å². The van der Waals surface area contributed by atoms with Crippen LogP contribution in [0.3, 0.4) is 0 Å². The largest absolute Gasteiger partial charge is 0.380 e. The monoisotopic (exact) mass is 308 g/mol. The molecule has 0 spiro atoms. The summed E-state index contributed by atoms with van der Waals surface area (Å²) in [5.74, 6) is -1.99. The Kier molecular flexibility index (Phi) is 5.24. The molecule has 1 aromatic rings. The van der Waals surface area contributed by atoms with E-state index in [0.717, 1.165) is 6.08 Å². The number of hydrogen-bond donors (Lipinski definition) is 5. The Morgan fingerprint density at radius 3 is 2.05 bits per heavy atom. The van der Waals surface area contributed by atoms with E-state index in [1.165, 1.54) is 12.1 Å². The van der Waals surface area contributed by atoms with Gasteiger partial charge in [-0.2, -0.15) is 0 Å². The summed E-state index contributed by atoms with van der Waals surface area (Å²) in [6.07, 6.45) is 0.388. The third-order valence-corrected chi connectivity index (χ3v) is 4.35. The lowest BCUT2D eigenvalue weighted by Crippen LogP contribution is -2.05. The fourth-order valence-corrected chi connectivity index (χ4v) is 2.58. The second-order valence-corrected chi connectivity index (χ2v) is 7.15. The van der Waals surface area contributed by atoms with Crippen molar-refractivity contribution >= 4 is 20.5 Å². The average molecular weight is 308 g/mol. The molecule has 106 valence electrons. The van der Waals surface area contributed by atoms with Crippen LogP contribution in [-0.2, 0) is 9.13 Å². The van der Waals surface area contributed by atoms with Crippen LogP contribution in [0.2, 0.25) is 0 Å². The van der Waals surface area contributed by atoms with Crippen LogP contribution in [0.1, 0.15) is 12.0 Å². The SMILES string of the molecule is O=P(O)(O)C(=CCC(O)P(=O)(O)O)c1ccccc1. The van der Waals surface area contributed by atoms with Crippen molar-refractivity contribution in [1.29, 1.82) is 0 Å². The highest BCUT2D eigenvalue weighted by Gasteiger charge is 2.27. The molecule has 0 radical (unpaired) electrons. The Bertz CT molecular complexity index is 542. The molecule has 0 heterocycles. The molecule has 0 saturated heterocycles. The molecule has 0 bridgehead atoms. The second kappa shape index (κ2) is 6.11. The summed E-state index contributed by atoms with van der Waals surface area (Å²) in [6.45, 7) is 0. The minimum absolute atomic E-state index is 0.230. The Hall–Kier alpha value is -0.780. The van der Waals surface area contributed by atoms with E-state index in [4.69, 9.17) is 9.79 Å². The molecule has 1 unspecified atom stereocenters. The van der Waals surface area contributed by atoms with E-state index in [1.54, 1.807) is 18.2 Å². The second-order valence-electron chi connectivity index (χ2n) is 3.80. The van der Waals surface area contributed by atoms with Crippen LogP contribution < -0.4 is 0 Å². The van der Waals surface area contributed by atoms with E-state index in [0.29, 0.717) is 0 Å². The minimum Gasteiger partial charge on any atom is -0.380 e. The summed E-state index contributed by atoms with van der Waals surface area (Å²) in [6, 6.07) is 7.70. The lowest BCUT2D eigenvalue weighted by atomic mass is 10.2. The van der Waals surface area contributed by atoms with Crippen LogP contribution in [0.15, 0.2) is 36.4 Å². The molecule has 1 atom stereocenters. The molecular weight excluding hydrogens is 294 g/mol. The van der Waals surface area contributed by atoms with Crippen molar-refractivity contribution < 1.29 is 33.8 Å². The molecule has 0 saturated carbocycles. The minimum atomic E-state index is -4.70. The molecule has 0 fully saturated rings. The lowest BCUT2D eigenvalue weighted by molar-refractivity contribution is 0.205. The van der Waals surface area contributed by atoms with E-state index < -0.39 is 27.5 Å². The van der Waals surface area contributed by atoms with Crippen molar-refractivity contribution in [3.63, 3.8) is 0 Å². The van der Waals surface area contributed by atoms with Crippen LogP contribution in [0.4, 0.5) is 0 Å². The summed E-state index contributed by atoms with van der Waals surface area (Å²) in [7, 11) is -9.31. The molecule has 9 heteroatoms. The topological polar surface area (TPSA) is 135 Å². The first-order valence-electron chi connectivity index (χ1n) is 5.17. The molecule has 1 aromatic carbocycles. The predicted molar refractivity (Wildman–Crippen MR) is 69.1 cm³/mol. The van der Waals surface area contributed by atoms with Gasteiger partial charge in [-0.3, -0.25) is 9.13 Å². The number of aliphatic hydroxyl groups excluding tert-OH is 1. The van der Waals surface area contributed by atoms with Gasteiger partial charge in [0.05, 0.1) is 5.31 Å². The third kappa shape index (κ3) is 5.01. The van der Waals surface area contributed by atoms with Gasteiger partial charge in [-0.15, -0.1) is 0 Å². The third-order valence-electron chi connectivity index (χ3n) is 2.29. The van der Waals surface area contributed by atoms with E-state index in [2.05, 4.69) is 0 Å². The van der Waals surface area contributed by atoms with Gasteiger partial charge in [0, 0.05) is 6.42 Å². The van der Waals surface area contributed by atoms with Gasteiger partial charge in [0.15, 0.2) is 5.85 Å². The number of hydrogen-bond acceptors (Lipinski definition) is 3. The Morgan fingerprint density at radius 2 is 1.63 bits per heavy atom. The zero-order valence-corrected chi connectivity index (χ0v) is 11.5. The fourth-order valence-electron chi connectivity index (χ4n) is 1.37. The first kappa shape index (κ1) is 16.3. The average Bonchev–Trinajstić information content (AvgIpc) is 2.27. The number of benzene rings is 1. The normalized spacial score (nSPS) is 15.3. The van der Waals surface area contributed by atoms with Crippen LogP contribution in [0, 0.1) is 0 Å². The smallest absolute Gasteiger partial charge is 0.356 e. The van der Waals surface area contributed by atoms with Gasteiger partial charge in [0.25, 0.3) is 0 Å². The predicted octanol–water partition coefficient (Wildman–Crippen LogP) is 1.09. The number of aliphatic hydroxyl groups is 1. The van der Waals surface area contributed by atoms with Crippen molar-refractivity contribution in [2.24, 2.45) is 0 Å². The maximum atomic E-state index is 11.3. The maximum Gasteiger partial charge on any atom is 0.356 e. The molecular formula is C10H14O7P2. The van der Waals surface area contributed by atoms with Gasteiger partial charge in [0.2, 0.25) is 0 Å². The van der Waals surface area contributed by atoms with Crippen molar-refractivity contribution in [3.05, 3.63) is 42.0 Å². The Morgan fingerprint density at radius 1 is 1.11 bits per heavy atom. The van der Waals surface area contributed by atoms with Crippen molar-refractivity contribution in [2.75, 3.05) is 0 Å². The highest BCUT2D eigenvalue weighted by molar-refractivity contribution is 7.63. The van der Waals surface area contributed by atoms with Crippen LogP contribution in [0.25, 0.3) is 5.31 Å². The summed E-state index contributed by atoms with van der Waals surface area (Å²) in [4.78, 5) is 35.8. The summed E-state index contributed by atoms with van der Waals surface area (Å²) in [5, 5.41) is 8.81. The van der Waals surface area contributed by atoms with Gasteiger partial charge < -0.3 is 24.7 Å². The molecule has 0 aliphatic heterocycles. The molecule has 0 aliphatic carbocycles. The fraction of sp³-hybridized carbons (Fsp3) is 0.200. The van der Waals surface area contributed by atoms with Gasteiger partial charge in [0.1, 0.15) is 0 Å². The Balaban J connectivity index is 3.08. The highest BCUT2D eigenvalue weighted by Crippen LogP contribution is 2.52. The van der Waals surface area contributed by atoms with Crippen LogP contribution in [-0.4, -0.2) is 30.5 Å².